The predicted octanol–water partition coefficient (Wildman–Crippen LogP) is 2.20. The van der Waals surface area contributed by atoms with E-state index in [4.69, 9.17) is 0 Å². The van der Waals surface area contributed by atoms with Crippen molar-refractivity contribution in [3.63, 3.8) is 0 Å². The molecule has 2 saturated heterocycles. The number of nitrogens with zero attached hydrogens (tertiary/aromatic N) is 3. The van der Waals surface area contributed by atoms with Crippen LogP contribution in [0.3, 0.4) is 0 Å². The van der Waals surface area contributed by atoms with Crippen LogP contribution in [0.4, 0.5) is 0 Å². The van der Waals surface area contributed by atoms with E-state index in [0.717, 1.165) is 58.4 Å². The van der Waals surface area contributed by atoms with Gasteiger partial charge in [0.15, 0.2) is 0 Å². The Kier molecular flexibility index (Phi) is 5.84. The normalized spacial score (nSPS) is 19.9. The minimum Gasteiger partial charge on any atom is -0.348 e. The van der Waals surface area contributed by atoms with Gasteiger partial charge in [-0.2, -0.15) is 5.10 Å². The van der Waals surface area contributed by atoms with Crippen molar-refractivity contribution in [1.82, 2.24) is 25.3 Å². The molecule has 2 N–H and O–H groups in total. The van der Waals surface area contributed by atoms with Gasteiger partial charge in [-0.25, -0.2) is 0 Å². The molecule has 144 valence electrons. The molecule has 0 atom stereocenters. The number of likely N-dealkylation sites (tertiary alicyclic amines) is 1. The van der Waals surface area contributed by atoms with Crippen LogP contribution in [0.5, 0.6) is 0 Å². The van der Waals surface area contributed by atoms with Crippen molar-refractivity contribution in [1.29, 1.82) is 0 Å². The summed E-state index contributed by atoms with van der Waals surface area (Å²) in [4.78, 5) is 15.3. The van der Waals surface area contributed by atoms with Gasteiger partial charge >= 0.3 is 0 Å². The molecule has 0 spiro atoms. The van der Waals surface area contributed by atoms with Crippen molar-refractivity contribution in [2.75, 3.05) is 26.2 Å². The first-order chi connectivity index (χ1) is 13.3. The lowest BCUT2D eigenvalue weighted by Gasteiger charge is -2.32. The molecule has 1 aromatic heterocycles. The Morgan fingerprint density at radius 3 is 2.56 bits per heavy atom. The Morgan fingerprint density at radius 1 is 1.07 bits per heavy atom. The van der Waals surface area contributed by atoms with Crippen LogP contribution in [0, 0.1) is 0 Å². The third-order valence-electron chi connectivity index (χ3n) is 5.73. The van der Waals surface area contributed by atoms with Crippen LogP contribution in [-0.4, -0.2) is 52.8 Å². The minimum atomic E-state index is 0.0209. The second kappa shape index (κ2) is 8.67. The Balaban J connectivity index is 1.29. The molecule has 4 rings (SSSR count). The third-order valence-corrected chi connectivity index (χ3v) is 5.73. The zero-order chi connectivity index (χ0) is 18.5. The first kappa shape index (κ1) is 18.2. The Labute approximate surface area is 160 Å². The summed E-state index contributed by atoms with van der Waals surface area (Å²) in [5.74, 6) is 0.0209. The molecule has 0 saturated carbocycles. The maximum atomic E-state index is 12.8. The molecular weight excluding hydrogens is 338 g/mol. The smallest absolute Gasteiger partial charge is 0.269 e. The van der Waals surface area contributed by atoms with Crippen LogP contribution in [0.15, 0.2) is 42.6 Å². The number of hydrogen-bond acceptors (Lipinski definition) is 4. The molecule has 2 fully saturated rings. The molecule has 6 heteroatoms. The summed E-state index contributed by atoms with van der Waals surface area (Å²) in [7, 11) is 0. The van der Waals surface area contributed by atoms with E-state index in [-0.39, 0.29) is 11.9 Å². The molecular formula is C21H29N5O. The summed E-state index contributed by atoms with van der Waals surface area (Å²) in [6, 6.07) is 13.0. The van der Waals surface area contributed by atoms with Crippen LogP contribution in [0.2, 0.25) is 0 Å². The number of rotatable bonds is 5. The predicted molar refractivity (Wildman–Crippen MR) is 106 cm³/mol. The van der Waals surface area contributed by atoms with Crippen LogP contribution in [-0.2, 0) is 6.54 Å². The van der Waals surface area contributed by atoms with Gasteiger partial charge in [0.25, 0.3) is 5.91 Å². The number of amides is 1. The fraction of sp³-hybridized carbons (Fsp3) is 0.524. The van der Waals surface area contributed by atoms with Gasteiger partial charge in [0.1, 0.15) is 5.69 Å². The second-order valence-corrected chi connectivity index (χ2v) is 7.65. The molecule has 1 aromatic carbocycles. The Bertz CT molecular complexity index is 730. The van der Waals surface area contributed by atoms with Crippen molar-refractivity contribution in [3.05, 3.63) is 53.9 Å². The van der Waals surface area contributed by atoms with Crippen LogP contribution >= 0.6 is 0 Å². The zero-order valence-corrected chi connectivity index (χ0v) is 15.8. The third kappa shape index (κ3) is 4.57. The van der Waals surface area contributed by atoms with Gasteiger partial charge in [-0.1, -0.05) is 30.3 Å². The fourth-order valence-corrected chi connectivity index (χ4v) is 4.17. The van der Waals surface area contributed by atoms with Crippen molar-refractivity contribution >= 4 is 5.91 Å². The summed E-state index contributed by atoms with van der Waals surface area (Å²) in [6.07, 6.45) is 5.80. The number of piperidine rings is 2. The largest absolute Gasteiger partial charge is 0.348 e. The number of carbonyl (C=O) groups is 1. The van der Waals surface area contributed by atoms with Crippen LogP contribution in [0.1, 0.15) is 47.8 Å². The van der Waals surface area contributed by atoms with E-state index < -0.39 is 0 Å². The number of nitrogens with one attached hydrogen (secondary N) is 2. The van der Waals surface area contributed by atoms with E-state index in [1.54, 1.807) is 6.20 Å². The molecule has 1 amide bonds. The first-order valence-corrected chi connectivity index (χ1v) is 10.1. The van der Waals surface area contributed by atoms with Gasteiger partial charge in [0.05, 0.1) is 6.04 Å². The molecule has 0 unspecified atom stereocenters. The molecule has 2 aliphatic heterocycles. The highest BCUT2D eigenvalue weighted by atomic mass is 16.2. The van der Waals surface area contributed by atoms with Crippen molar-refractivity contribution in [2.45, 2.75) is 44.3 Å². The molecule has 3 heterocycles. The van der Waals surface area contributed by atoms with E-state index in [1.807, 2.05) is 10.7 Å². The summed E-state index contributed by atoms with van der Waals surface area (Å²) in [5.41, 5.74) is 2.06. The molecule has 2 aliphatic rings. The van der Waals surface area contributed by atoms with Gasteiger partial charge in [0.2, 0.25) is 0 Å². The van der Waals surface area contributed by atoms with Gasteiger partial charge < -0.3 is 10.6 Å². The van der Waals surface area contributed by atoms with Gasteiger partial charge in [-0.05, 0) is 50.4 Å². The molecule has 0 radical (unpaired) electrons. The zero-order valence-electron chi connectivity index (χ0n) is 15.8. The second-order valence-electron chi connectivity index (χ2n) is 7.65. The fourth-order valence-electron chi connectivity index (χ4n) is 4.17. The minimum absolute atomic E-state index is 0.0209. The van der Waals surface area contributed by atoms with Gasteiger partial charge in [0, 0.05) is 31.9 Å². The van der Waals surface area contributed by atoms with Crippen molar-refractivity contribution in [2.24, 2.45) is 0 Å². The number of aromatic nitrogens is 2. The summed E-state index contributed by atoms with van der Waals surface area (Å²) >= 11 is 0. The lowest BCUT2D eigenvalue weighted by atomic mass is 10.0. The van der Waals surface area contributed by atoms with E-state index in [0.29, 0.717) is 11.7 Å². The average molecular weight is 367 g/mol. The molecule has 6 nitrogen and oxygen atoms in total. The van der Waals surface area contributed by atoms with Crippen molar-refractivity contribution in [3.8, 4) is 0 Å². The van der Waals surface area contributed by atoms with Crippen LogP contribution in [0.25, 0.3) is 0 Å². The maximum absolute atomic E-state index is 12.8. The number of benzene rings is 1. The first-order valence-electron chi connectivity index (χ1n) is 10.1. The van der Waals surface area contributed by atoms with E-state index in [1.165, 1.54) is 5.56 Å². The highest BCUT2D eigenvalue weighted by Gasteiger charge is 2.25. The summed E-state index contributed by atoms with van der Waals surface area (Å²) < 4.78 is 1.93. The molecule has 27 heavy (non-hydrogen) atoms. The standard InChI is InChI=1S/C21H29N5O/c27-21(20-8-13-23-26(20)19-6-11-22-12-7-19)24-18-9-14-25(15-10-18)16-17-4-2-1-3-5-17/h1-5,8,13,18-19,22H,6-7,9-12,14-16H2,(H,24,27). The van der Waals surface area contributed by atoms with E-state index >= 15 is 0 Å². The molecule has 0 bridgehead atoms. The monoisotopic (exact) mass is 367 g/mol. The highest BCUT2D eigenvalue weighted by Crippen LogP contribution is 2.20. The highest BCUT2D eigenvalue weighted by molar-refractivity contribution is 5.92. The van der Waals surface area contributed by atoms with E-state index in [9.17, 15) is 4.79 Å². The van der Waals surface area contributed by atoms with Gasteiger partial charge in [-0.15, -0.1) is 0 Å². The maximum Gasteiger partial charge on any atom is 0.269 e. The topological polar surface area (TPSA) is 62.2 Å². The Hall–Kier alpha value is -2.18. The van der Waals surface area contributed by atoms with Crippen molar-refractivity contribution < 1.29 is 4.79 Å². The van der Waals surface area contributed by atoms with Crippen LogP contribution < -0.4 is 10.6 Å². The molecule has 2 aromatic rings. The number of carbonyl (C=O) groups excluding carboxylic acids is 1. The lowest BCUT2D eigenvalue weighted by molar-refractivity contribution is 0.0893. The van der Waals surface area contributed by atoms with Gasteiger partial charge in [-0.3, -0.25) is 14.4 Å². The number of hydrogen-bond donors (Lipinski definition) is 2. The Morgan fingerprint density at radius 2 is 1.81 bits per heavy atom. The lowest BCUT2D eigenvalue weighted by Crippen LogP contribution is -2.45. The van der Waals surface area contributed by atoms with E-state index in [2.05, 4.69) is 51.0 Å². The average Bonchev–Trinajstić information content (AvgIpc) is 3.21. The quantitative estimate of drug-likeness (QED) is 0.851. The SMILES string of the molecule is O=C(NC1CCN(Cc2ccccc2)CC1)c1ccnn1C1CCNCC1. The molecule has 0 aliphatic carbocycles. The summed E-state index contributed by atoms with van der Waals surface area (Å²) in [5, 5.41) is 11.0. The summed E-state index contributed by atoms with van der Waals surface area (Å²) in [6.45, 7) is 5.02.